The summed E-state index contributed by atoms with van der Waals surface area (Å²) in [6.07, 6.45) is 13.6. The molecule has 4 amide bonds. The van der Waals surface area contributed by atoms with Gasteiger partial charge in [0.15, 0.2) is 0 Å². The highest BCUT2D eigenvalue weighted by Crippen LogP contribution is 2.44. The van der Waals surface area contributed by atoms with E-state index in [9.17, 15) is 28.8 Å². The highest BCUT2D eigenvalue weighted by atomic mass is 16.6. The lowest BCUT2D eigenvalue weighted by atomic mass is 9.83. The van der Waals surface area contributed by atoms with Crippen molar-refractivity contribution in [3.05, 3.63) is 59.0 Å². The summed E-state index contributed by atoms with van der Waals surface area (Å²) in [6.45, 7) is 11.4. The first kappa shape index (κ1) is 43.5. The number of carbonyl (C=O) groups is 5. The van der Waals surface area contributed by atoms with Crippen molar-refractivity contribution in [3.63, 3.8) is 0 Å². The number of carboxylic acids is 1. The lowest BCUT2D eigenvalue weighted by Crippen LogP contribution is -2.58. The molecule has 5 atom stereocenters. The molecule has 2 saturated carbocycles. The number of aromatic amines is 1. The Hall–Kier alpha value is -5.18. The van der Waals surface area contributed by atoms with Gasteiger partial charge in [-0.3, -0.25) is 19.2 Å². The number of nitrogens with one attached hydrogen (secondary N) is 4. The third-order valence-electron chi connectivity index (χ3n) is 10.4. The second-order valence-corrected chi connectivity index (χ2v) is 15.6. The average molecular weight is 780 g/mol. The summed E-state index contributed by atoms with van der Waals surface area (Å²) in [5, 5.41) is 17.9. The molecule has 0 radical (unpaired) electrons. The van der Waals surface area contributed by atoms with E-state index in [4.69, 9.17) is 19.3 Å². The minimum Gasteiger partial charge on any atom is -0.496 e. The summed E-state index contributed by atoms with van der Waals surface area (Å²) in [7, 11) is 1.56. The number of fused-ring (bicyclic) bond motifs is 1. The van der Waals surface area contributed by atoms with Crippen LogP contribution in [0.4, 0.5) is 4.79 Å². The second-order valence-electron chi connectivity index (χ2n) is 15.6. The van der Waals surface area contributed by atoms with Crippen LogP contribution in [-0.4, -0.2) is 101 Å². The van der Waals surface area contributed by atoms with Crippen molar-refractivity contribution >= 4 is 47.1 Å². The van der Waals surface area contributed by atoms with Gasteiger partial charge in [-0.25, -0.2) is 9.59 Å². The van der Waals surface area contributed by atoms with Crippen LogP contribution in [0.2, 0.25) is 0 Å². The molecule has 0 spiro atoms. The van der Waals surface area contributed by atoms with Crippen LogP contribution in [-0.2, 0) is 28.7 Å². The zero-order chi connectivity index (χ0) is 41.0. The molecule has 3 unspecified atom stereocenters. The lowest BCUT2D eigenvalue weighted by Gasteiger charge is -2.35. The van der Waals surface area contributed by atoms with Crippen LogP contribution in [0.1, 0.15) is 84.6 Å². The Bertz CT molecular complexity index is 1810. The van der Waals surface area contributed by atoms with E-state index < -0.39 is 41.2 Å². The molecule has 306 valence electrons. The number of hydrogen-bond donors (Lipinski definition) is 5. The molecule has 1 aromatic heterocycles. The molecule has 2 aromatic rings. The molecule has 5 rings (SSSR count). The SMILES string of the molecule is C=CC1C[C@]1(NC=O)C(=O)O.COc1cc2cc[nH]c(=O)c2cc1/C=C/COCC(NC(=O)OC(C)(C)C)C(=O)N[C@H](C(=O)N1CCCC1C)C1CCCCC1. The predicted octanol–water partition coefficient (Wildman–Crippen LogP) is 4.30. The van der Waals surface area contributed by atoms with Crippen molar-refractivity contribution in [2.45, 2.75) is 108 Å². The van der Waals surface area contributed by atoms with Gasteiger partial charge in [0.25, 0.3) is 5.56 Å². The number of benzene rings is 1. The summed E-state index contributed by atoms with van der Waals surface area (Å²) in [5.41, 5.74) is -1.32. The monoisotopic (exact) mass is 779 g/mol. The third-order valence-corrected chi connectivity index (χ3v) is 10.4. The highest BCUT2D eigenvalue weighted by Gasteiger charge is 2.59. The molecule has 0 bridgehead atoms. The number of nitrogens with zero attached hydrogens (tertiary/aromatic N) is 1. The number of carbonyl (C=O) groups excluding carboxylic acids is 4. The molecule has 1 saturated heterocycles. The Morgan fingerprint density at radius 2 is 1.84 bits per heavy atom. The Kier molecular flexibility index (Phi) is 15.2. The number of alkyl carbamates (subject to hydrolysis) is 1. The van der Waals surface area contributed by atoms with E-state index in [0.29, 0.717) is 36.1 Å². The van der Waals surface area contributed by atoms with Crippen LogP contribution in [0.5, 0.6) is 5.75 Å². The number of aromatic nitrogens is 1. The van der Waals surface area contributed by atoms with Crippen molar-refractivity contribution in [1.82, 2.24) is 25.8 Å². The molecule has 15 heteroatoms. The summed E-state index contributed by atoms with van der Waals surface area (Å²) >= 11 is 0. The molecule has 3 fully saturated rings. The van der Waals surface area contributed by atoms with E-state index in [1.807, 2.05) is 11.8 Å². The molecule has 1 aromatic carbocycles. The number of carboxylic acid groups (broad SMARTS) is 1. The number of hydrogen-bond acceptors (Lipinski definition) is 9. The Labute approximate surface area is 327 Å². The maximum Gasteiger partial charge on any atom is 0.408 e. The number of aliphatic carboxylic acids is 1. The van der Waals surface area contributed by atoms with E-state index in [2.05, 4.69) is 27.5 Å². The van der Waals surface area contributed by atoms with Crippen LogP contribution in [0.25, 0.3) is 16.8 Å². The Morgan fingerprint density at radius 3 is 2.43 bits per heavy atom. The first-order chi connectivity index (χ1) is 26.6. The minimum absolute atomic E-state index is 0.0400. The van der Waals surface area contributed by atoms with Crippen LogP contribution < -0.4 is 26.2 Å². The van der Waals surface area contributed by atoms with Gasteiger partial charge in [0.2, 0.25) is 18.2 Å². The van der Waals surface area contributed by atoms with Crippen LogP contribution >= 0.6 is 0 Å². The molecule has 5 N–H and O–H groups in total. The molecule has 2 heterocycles. The van der Waals surface area contributed by atoms with Gasteiger partial charge in [0.1, 0.15) is 29.0 Å². The van der Waals surface area contributed by atoms with Gasteiger partial charge >= 0.3 is 12.1 Å². The van der Waals surface area contributed by atoms with Gasteiger partial charge in [0, 0.05) is 35.7 Å². The van der Waals surface area contributed by atoms with Crippen molar-refractivity contribution in [2.24, 2.45) is 11.8 Å². The van der Waals surface area contributed by atoms with Gasteiger partial charge < -0.3 is 45.2 Å². The quantitative estimate of drug-likeness (QED) is 0.0985. The van der Waals surface area contributed by atoms with Crippen molar-refractivity contribution in [3.8, 4) is 5.75 Å². The smallest absolute Gasteiger partial charge is 0.408 e. The fourth-order valence-electron chi connectivity index (χ4n) is 7.29. The normalized spacial score (nSPS) is 21.9. The molecule has 15 nitrogen and oxygen atoms in total. The average Bonchev–Trinajstić information content (AvgIpc) is 3.72. The zero-order valence-corrected chi connectivity index (χ0v) is 33.1. The number of ether oxygens (including phenoxy) is 3. The van der Waals surface area contributed by atoms with Gasteiger partial charge in [-0.15, -0.1) is 6.58 Å². The zero-order valence-electron chi connectivity index (χ0n) is 33.1. The molecule has 2 aliphatic carbocycles. The first-order valence-electron chi connectivity index (χ1n) is 19.3. The van der Waals surface area contributed by atoms with E-state index >= 15 is 0 Å². The number of likely N-dealkylation sites (tertiary alicyclic amines) is 1. The summed E-state index contributed by atoms with van der Waals surface area (Å²) < 4.78 is 16.8. The summed E-state index contributed by atoms with van der Waals surface area (Å²) in [6, 6.07) is 3.72. The fourth-order valence-corrected chi connectivity index (χ4v) is 7.29. The van der Waals surface area contributed by atoms with E-state index in [1.54, 1.807) is 70.5 Å². The standard InChI is InChI=1S/C34H48N4O7.C7H9NO3/c1-22-11-9-17-38(22)32(41)29(23-12-7-6-8-13-23)37-31(40)27(36-33(42)45-34(2,3)4)21-44-18-10-14-25-19-26-24(20-28(25)43-5)15-16-35-30(26)39;1-2-5-3-7(5,6(10)11)8-4-9/h10,14-16,19-20,22-23,27,29H,6-9,11-13,17-18,21H2,1-5H3,(H,35,39)(H,36,42)(H,37,40);2,4-5H,1,3H2,(H,8,9)(H,10,11)/b14-10+;/t22?,27?,29-;5?,7-/m01/s1. The number of H-pyrrole nitrogens is 1. The van der Waals surface area contributed by atoms with Gasteiger partial charge in [-0.05, 0) is 89.3 Å². The van der Waals surface area contributed by atoms with Gasteiger partial charge in [-0.2, -0.15) is 0 Å². The molecule has 56 heavy (non-hydrogen) atoms. The summed E-state index contributed by atoms with van der Waals surface area (Å²) in [5.74, 6) is -1.02. The minimum atomic E-state index is -1.09. The van der Waals surface area contributed by atoms with Gasteiger partial charge in [-0.1, -0.05) is 37.5 Å². The third kappa shape index (κ3) is 11.4. The topological polar surface area (TPSA) is 205 Å². The lowest BCUT2D eigenvalue weighted by molar-refractivity contribution is -0.142. The van der Waals surface area contributed by atoms with E-state index in [1.165, 1.54) is 0 Å². The number of amides is 4. The fraction of sp³-hybridized carbons (Fsp3) is 0.561. The predicted molar refractivity (Wildman–Crippen MR) is 211 cm³/mol. The second kappa shape index (κ2) is 19.6. The van der Waals surface area contributed by atoms with E-state index in [-0.39, 0.29) is 42.6 Å². The largest absolute Gasteiger partial charge is 0.496 e. The Balaban J connectivity index is 0.000000544. The molecular weight excluding hydrogens is 722 g/mol. The first-order valence-corrected chi connectivity index (χ1v) is 19.3. The number of rotatable bonds is 15. The van der Waals surface area contributed by atoms with Crippen LogP contribution in [0, 0.1) is 11.8 Å². The van der Waals surface area contributed by atoms with Crippen molar-refractivity contribution < 1.29 is 43.3 Å². The number of methoxy groups -OCH3 is 1. The van der Waals surface area contributed by atoms with Crippen LogP contribution in [0.3, 0.4) is 0 Å². The molecule has 1 aliphatic heterocycles. The highest BCUT2D eigenvalue weighted by molar-refractivity contribution is 5.92. The maximum absolute atomic E-state index is 13.7. The van der Waals surface area contributed by atoms with E-state index in [0.717, 1.165) is 50.3 Å². The summed E-state index contributed by atoms with van der Waals surface area (Å²) in [4.78, 5) is 77.6. The number of pyridine rings is 1. The van der Waals surface area contributed by atoms with Gasteiger partial charge in [0.05, 0.1) is 20.3 Å². The van der Waals surface area contributed by atoms with Crippen molar-refractivity contribution in [2.75, 3.05) is 26.9 Å². The Morgan fingerprint density at radius 1 is 1.11 bits per heavy atom. The maximum atomic E-state index is 13.7. The van der Waals surface area contributed by atoms with Crippen LogP contribution in [0.15, 0.2) is 47.9 Å². The van der Waals surface area contributed by atoms with Crippen molar-refractivity contribution in [1.29, 1.82) is 0 Å². The molecular formula is C41H57N5O10. The molecule has 3 aliphatic rings.